The lowest BCUT2D eigenvalue weighted by Crippen LogP contribution is -2.11. The summed E-state index contributed by atoms with van der Waals surface area (Å²) in [5, 5.41) is 0.508. The first-order valence-corrected chi connectivity index (χ1v) is 6.51. The molecule has 0 fully saturated rings. The fourth-order valence-corrected chi connectivity index (χ4v) is 2.05. The predicted molar refractivity (Wildman–Crippen MR) is 64.2 cm³/mol. The smallest absolute Gasteiger partial charge is 0.229 e. The highest BCUT2D eigenvalue weighted by molar-refractivity contribution is 7.92. The third-order valence-corrected chi connectivity index (χ3v) is 2.64. The Labute approximate surface area is 94.9 Å². The summed E-state index contributed by atoms with van der Waals surface area (Å²) >= 11 is 5.98. The summed E-state index contributed by atoms with van der Waals surface area (Å²) in [6, 6.07) is 5.01. The number of benzene rings is 1. The molecule has 0 bridgehead atoms. The number of anilines is 2. The van der Waals surface area contributed by atoms with Gasteiger partial charge in [0.25, 0.3) is 0 Å². The van der Waals surface area contributed by atoms with Crippen LogP contribution in [0.15, 0.2) is 18.2 Å². The molecule has 6 heteroatoms. The molecule has 1 aromatic rings. The van der Waals surface area contributed by atoms with Gasteiger partial charge in [-0.2, -0.15) is 0 Å². The lowest BCUT2D eigenvalue weighted by atomic mass is 10.3. The lowest BCUT2D eigenvalue weighted by Gasteiger charge is -2.15. The van der Waals surface area contributed by atoms with E-state index in [9.17, 15) is 8.42 Å². The number of nitrogens with zero attached hydrogens (tertiary/aromatic N) is 1. The second-order valence-corrected chi connectivity index (χ2v) is 5.59. The molecule has 0 aliphatic rings. The third kappa shape index (κ3) is 3.60. The van der Waals surface area contributed by atoms with Crippen molar-refractivity contribution in [2.75, 3.05) is 30.0 Å². The maximum atomic E-state index is 11.0. The average molecular weight is 249 g/mol. The molecule has 1 aromatic carbocycles. The number of nitrogens with one attached hydrogen (secondary N) is 1. The van der Waals surface area contributed by atoms with E-state index in [1.807, 2.05) is 19.0 Å². The minimum atomic E-state index is -3.25. The minimum absolute atomic E-state index is 0.466. The van der Waals surface area contributed by atoms with E-state index in [1.165, 1.54) is 0 Å². The first-order chi connectivity index (χ1) is 6.79. The molecule has 0 saturated heterocycles. The van der Waals surface area contributed by atoms with Gasteiger partial charge in [0.15, 0.2) is 0 Å². The van der Waals surface area contributed by atoms with Gasteiger partial charge >= 0.3 is 0 Å². The van der Waals surface area contributed by atoms with E-state index in [2.05, 4.69) is 4.72 Å². The van der Waals surface area contributed by atoms with E-state index in [-0.39, 0.29) is 0 Å². The molecule has 0 radical (unpaired) electrons. The van der Waals surface area contributed by atoms with Crippen LogP contribution in [0.3, 0.4) is 0 Å². The van der Waals surface area contributed by atoms with E-state index >= 15 is 0 Å². The Balaban J connectivity index is 3.02. The van der Waals surface area contributed by atoms with Crippen molar-refractivity contribution in [3.05, 3.63) is 23.2 Å². The van der Waals surface area contributed by atoms with Crippen LogP contribution in [0, 0.1) is 0 Å². The van der Waals surface area contributed by atoms with Crippen molar-refractivity contribution in [1.29, 1.82) is 0 Å². The zero-order valence-corrected chi connectivity index (χ0v) is 10.4. The van der Waals surface area contributed by atoms with Crippen LogP contribution < -0.4 is 9.62 Å². The number of hydrogen-bond donors (Lipinski definition) is 1. The van der Waals surface area contributed by atoms with Crippen LogP contribution in [0.1, 0.15) is 0 Å². The molecule has 0 atom stereocenters. The Kier molecular flexibility index (Phi) is 3.46. The standard InChI is InChI=1S/C9H13ClN2O2S/c1-12(2)9-5-4-7(6-8(9)10)11-15(3,13)14/h4-6,11H,1-3H3. The normalized spacial score (nSPS) is 11.2. The van der Waals surface area contributed by atoms with E-state index in [4.69, 9.17) is 11.6 Å². The maximum absolute atomic E-state index is 11.0. The molecule has 0 aliphatic carbocycles. The molecule has 1 rings (SSSR count). The van der Waals surface area contributed by atoms with Crippen molar-refractivity contribution < 1.29 is 8.42 Å². The zero-order chi connectivity index (χ0) is 11.6. The van der Waals surface area contributed by atoms with Gasteiger partial charge in [-0.25, -0.2) is 8.42 Å². The second-order valence-electron chi connectivity index (χ2n) is 3.43. The highest BCUT2D eigenvalue weighted by atomic mass is 35.5. The monoisotopic (exact) mass is 248 g/mol. The van der Waals surface area contributed by atoms with E-state index in [1.54, 1.807) is 18.2 Å². The van der Waals surface area contributed by atoms with Gasteiger partial charge in [-0.1, -0.05) is 11.6 Å². The van der Waals surface area contributed by atoms with Crippen molar-refractivity contribution in [2.45, 2.75) is 0 Å². The number of sulfonamides is 1. The van der Waals surface area contributed by atoms with Crippen LogP contribution in [0.4, 0.5) is 11.4 Å². The molecular formula is C9H13ClN2O2S. The molecule has 84 valence electrons. The summed E-state index contributed by atoms with van der Waals surface area (Å²) in [6.45, 7) is 0. The SMILES string of the molecule is CN(C)c1ccc(NS(C)(=O)=O)cc1Cl. The van der Waals surface area contributed by atoms with Crippen molar-refractivity contribution in [3.63, 3.8) is 0 Å². The van der Waals surface area contributed by atoms with Crippen molar-refractivity contribution in [3.8, 4) is 0 Å². The molecule has 0 amide bonds. The van der Waals surface area contributed by atoms with Gasteiger partial charge in [0.05, 0.1) is 22.7 Å². The predicted octanol–water partition coefficient (Wildman–Crippen LogP) is 1.78. The van der Waals surface area contributed by atoms with Gasteiger partial charge in [0, 0.05) is 14.1 Å². The van der Waals surface area contributed by atoms with Crippen LogP contribution in [-0.2, 0) is 10.0 Å². The molecule has 0 unspecified atom stereocenters. The summed E-state index contributed by atoms with van der Waals surface area (Å²) < 4.78 is 24.3. The third-order valence-electron chi connectivity index (χ3n) is 1.73. The van der Waals surface area contributed by atoms with Gasteiger partial charge < -0.3 is 4.90 Å². The Hall–Kier alpha value is -0.940. The summed E-state index contributed by atoms with van der Waals surface area (Å²) in [7, 11) is 0.483. The topological polar surface area (TPSA) is 49.4 Å². The number of hydrogen-bond acceptors (Lipinski definition) is 3. The lowest BCUT2D eigenvalue weighted by molar-refractivity contribution is 0.607. The first-order valence-electron chi connectivity index (χ1n) is 4.24. The van der Waals surface area contributed by atoms with Crippen LogP contribution in [0.2, 0.25) is 5.02 Å². The Morgan fingerprint density at radius 2 is 1.93 bits per heavy atom. The van der Waals surface area contributed by atoms with E-state index < -0.39 is 10.0 Å². The van der Waals surface area contributed by atoms with Gasteiger partial charge in [-0.15, -0.1) is 0 Å². The molecule has 0 spiro atoms. The minimum Gasteiger partial charge on any atom is -0.376 e. The van der Waals surface area contributed by atoms with Crippen molar-refractivity contribution >= 4 is 33.0 Å². The van der Waals surface area contributed by atoms with Crippen molar-refractivity contribution in [2.24, 2.45) is 0 Å². The summed E-state index contributed by atoms with van der Waals surface area (Å²) in [4.78, 5) is 1.85. The van der Waals surface area contributed by atoms with Gasteiger partial charge in [0.2, 0.25) is 10.0 Å². The fourth-order valence-electron chi connectivity index (χ4n) is 1.15. The van der Waals surface area contributed by atoms with Gasteiger partial charge in [-0.3, -0.25) is 4.72 Å². The molecule has 0 aliphatic heterocycles. The van der Waals surface area contributed by atoms with Crippen LogP contribution in [0.25, 0.3) is 0 Å². The molecular weight excluding hydrogens is 236 g/mol. The van der Waals surface area contributed by atoms with Gasteiger partial charge in [0.1, 0.15) is 0 Å². The quantitative estimate of drug-likeness (QED) is 0.887. The average Bonchev–Trinajstić information content (AvgIpc) is 1.99. The Bertz CT molecular complexity index is 457. The van der Waals surface area contributed by atoms with Crippen molar-refractivity contribution in [1.82, 2.24) is 0 Å². The highest BCUT2D eigenvalue weighted by Gasteiger charge is 2.06. The molecule has 0 saturated carbocycles. The van der Waals surface area contributed by atoms with Gasteiger partial charge in [-0.05, 0) is 18.2 Å². The van der Waals surface area contributed by atoms with Crippen LogP contribution >= 0.6 is 11.6 Å². The molecule has 4 nitrogen and oxygen atoms in total. The summed E-state index contributed by atoms with van der Waals surface area (Å²) in [6.07, 6.45) is 1.10. The van der Waals surface area contributed by atoms with Crippen LogP contribution in [0.5, 0.6) is 0 Å². The largest absolute Gasteiger partial charge is 0.376 e. The Morgan fingerprint density at radius 1 is 1.33 bits per heavy atom. The van der Waals surface area contributed by atoms with E-state index in [0.29, 0.717) is 10.7 Å². The second kappa shape index (κ2) is 4.28. The maximum Gasteiger partial charge on any atom is 0.229 e. The number of halogens is 1. The number of rotatable bonds is 3. The molecule has 15 heavy (non-hydrogen) atoms. The summed E-state index contributed by atoms with van der Waals surface area (Å²) in [5.41, 5.74) is 1.31. The Morgan fingerprint density at radius 3 is 2.33 bits per heavy atom. The molecule has 1 N–H and O–H groups in total. The zero-order valence-electron chi connectivity index (χ0n) is 8.78. The fraction of sp³-hybridized carbons (Fsp3) is 0.333. The first kappa shape index (κ1) is 12.1. The molecule has 0 heterocycles. The van der Waals surface area contributed by atoms with E-state index in [0.717, 1.165) is 11.9 Å². The molecule has 0 aromatic heterocycles. The summed E-state index contributed by atoms with van der Waals surface area (Å²) in [5.74, 6) is 0. The highest BCUT2D eigenvalue weighted by Crippen LogP contribution is 2.27. The van der Waals surface area contributed by atoms with Crippen LogP contribution in [-0.4, -0.2) is 28.8 Å².